The van der Waals surface area contributed by atoms with Gasteiger partial charge < -0.3 is 20.3 Å². The fraction of sp³-hybridized carbons (Fsp3) is 0.444. The van der Waals surface area contributed by atoms with E-state index in [1.807, 2.05) is 19.1 Å². The molecule has 0 saturated carbocycles. The molecule has 2 atom stereocenters. The van der Waals surface area contributed by atoms with Crippen molar-refractivity contribution in [3.63, 3.8) is 0 Å². The lowest BCUT2D eigenvalue weighted by Gasteiger charge is -2.32. The minimum Gasteiger partial charge on any atom is -0.478 e. The smallest absolute Gasteiger partial charge is 0.328 e. The Morgan fingerprint density at radius 3 is 2.42 bits per heavy atom. The maximum Gasteiger partial charge on any atom is 0.328 e. The van der Waals surface area contributed by atoms with Crippen molar-refractivity contribution in [3.8, 4) is 0 Å². The standard InChI is InChI=1S/C14H19Cl2NO.C4H4O4/c1-2-18-9-11-8-17-6-5-12(11)10-3-4-13(15)14(16)7-10;5-3(6)1-2-4(7)8/h3-4,7,11-12,17H,2,5-6,8-9H2,1H3;1-2H,(H,5,6)(H,7,8)/b;2-1+/t11-,12-;/m0./s1. The maximum atomic E-state index is 9.55. The van der Waals surface area contributed by atoms with E-state index < -0.39 is 11.9 Å². The van der Waals surface area contributed by atoms with Crippen LogP contribution < -0.4 is 5.32 Å². The van der Waals surface area contributed by atoms with Crippen LogP contribution in [0.2, 0.25) is 10.0 Å². The van der Waals surface area contributed by atoms with Gasteiger partial charge in [0, 0.05) is 31.2 Å². The molecule has 8 heteroatoms. The normalized spacial score (nSPS) is 19.7. The Bertz CT molecular complexity index is 620. The van der Waals surface area contributed by atoms with Gasteiger partial charge >= 0.3 is 11.9 Å². The van der Waals surface area contributed by atoms with Crippen LogP contribution in [-0.4, -0.2) is 48.5 Å². The Kier molecular flexibility index (Phi) is 10.3. The number of hydrogen-bond donors (Lipinski definition) is 3. The predicted molar refractivity (Wildman–Crippen MR) is 101 cm³/mol. The molecule has 0 aromatic heterocycles. The summed E-state index contributed by atoms with van der Waals surface area (Å²) in [5.41, 5.74) is 1.27. The Morgan fingerprint density at radius 1 is 1.23 bits per heavy atom. The second kappa shape index (κ2) is 11.9. The van der Waals surface area contributed by atoms with Gasteiger partial charge in [0.05, 0.1) is 16.7 Å². The Morgan fingerprint density at radius 2 is 1.88 bits per heavy atom. The SMILES string of the molecule is CCOC[C@@H]1CNCC[C@H]1c1ccc(Cl)c(Cl)c1.O=C(O)/C=C/C(=O)O. The highest BCUT2D eigenvalue weighted by Crippen LogP contribution is 2.34. The molecule has 1 aliphatic rings. The predicted octanol–water partition coefficient (Wildman–Crippen LogP) is 3.43. The molecule has 6 nitrogen and oxygen atoms in total. The number of nitrogens with one attached hydrogen (secondary N) is 1. The fourth-order valence-corrected chi connectivity index (χ4v) is 3.00. The van der Waals surface area contributed by atoms with Gasteiger partial charge in [-0.15, -0.1) is 0 Å². The van der Waals surface area contributed by atoms with Gasteiger partial charge in [0.25, 0.3) is 0 Å². The van der Waals surface area contributed by atoms with E-state index in [1.54, 1.807) is 0 Å². The molecule has 0 amide bonds. The first-order valence-electron chi connectivity index (χ1n) is 8.22. The third kappa shape index (κ3) is 8.19. The largest absolute Gasteiger partial charge is 0.478 e. The number of benzene rings is 1. The van der Waals surface area contributed by atoms with E-state index in [-0.39, 0.29) is 0 Å². The summed E-state index contributed by atoms with van der Waals surface area (Å²) in [6, 6.07) is 5.97. The van der Waals surface area contributed by atoms with E-state index in [0.29, 0.717) is 34.0 Å². The monoisotopic (exact) mass is 403 g/mol. The quantitative estimate of drug-likeness (QED) is 0.629. The zero-order chi connectivity index (χ0) is 19.5. The van der Waals surface area contributed by atoms with Gasteiger partial charge in [0.2, 0.25) is 0 Å². The molecule has 1 fully saturated rings. The molecule has 0 bridgehead atoms. The number of carbonyl (C=O) groups is 2. The van der Waals surface area contributed by atoms with Gasteiger partial charge in [-0.25, -0.2) is 9.59 Å². The lowest BCUT2D eigenvalue weighted by atomic mass is 9.81. The highest BCUT2D eigenvalue weighted by Gasteiger charge is 2.26. The second-order valence-electron chi connectivity index (χ2n) is 5.70. The van der Waals surface area contributed by atoms with Crippen molar-refractivity contribution >= 4 is 35.1 Å². The van der Waals surface area contributed by atoms with Crippen LogP contribution in [0.3, 0.4) is 0 Å². The summed E-state index contributed by atoms with van der Waals surface area (Å²) in [6.07, 6.45) is 2.24. The van der Waals surface area contributed by atoms with E-state index in [1.165, 1.54) is 5.56 Å². The number of rotatable bonds is 6. The average Bonchev–Trinajstić information content (AvgIpc) is 2.61. The van der Waals surface area contributed by atoms with Crippen LogP contribution in [-0.2, 0) is 14.3 Å². The number of piperidine rings is 1. The molecular weight excluding hydrogens is 381 g/mol. The van der Waals surface area contributed by atoms with Gasteiger partial charge in [0.15, 0.2) is 0 Å². The number of carboxylic acids is 2. The molecule has 2 rings (SSSR count). The fourth-order valence-electron chi connectivity index (χ4n) is 2.69. The highest BCUT2D eigenvalue weighted by atomic mass is 35.5. The van der Waals surface area contributed by atoms with Crippen LogP contribution in [0.4, 0.5) is 0 Å². The number of hydrogen-bond acceptors (Lipinski definition) is 4. The molecule has 0 spiro atoms. The zero-order valence-corrected chi connectivity index (χ0v) is 16.0. The zero-order valence-electron chi connectivity index (χ0n) is 14.5. The summed E-state index contributed by atoms with van der Waals surface area (Å²) in [5, 5.41) is 20.3. The molecule has 1 aliphatic heterocycles. The molecule has 1 saturated heterocycles. The summed E-state index contributed by atoms with van der Waals surface area (Å²) in [5.74, 6) is -1.50. The van der Waals surface area contributed by atoms with Crippen LogP contribution >= 0.6 is 23.2 Å². The molecule has 1 aromatic carbocycles. The molecule has 1 heterocycles. The van der Waals surface area contributed by atoms with Gasteiger partial charge in [0.1, 0.15) is 0 Å². The Balaban J connectivity index is 0.000000359. The second-order valence-corrected chi connectivity index (χ2v) is 6.52. The van der Waals surface area contributed by atoms with Crippen molar-refractivity contribution in [2.24, 2.45) is 5.92 Å². The Labute approximate surface area is 162 Å². The van der Waals surface area contributed by atoms with Gasteiger partial charge in [-0.2, -0.15) is 0 Å². The van der Waals surface area contributed by atoms with Crippen molar-refractivity contribution < 1.29 is 24.5 Å². The number of carboxylic acid groups (broad SMARTS) is 2. The van der Waals surface area contributed by atoms with Crippen molar-refractivity contribution in [1.29, 1.82) is 0 Å². The van der Waals surface area contributed by atoms with Gasteiger partial charge in [-0.1, -0.05) is 29.3 Å². The van der Waals surface area contributed by atoms with E-state index in [4.69, 9.17) is 38.2 Å². The lowest BCUT2D eigenvalue weighted by Crippen LogP contribution is -2.37. The first kappa shape index (κ1) is 22.4. The van der Waals surface area contributed by atoms with E-state index in [2.05, 4.69) is 11.4 Å². The van der Waals surface area contributed by atoms with Crippen molar-refractivity contribution in [2.75, 3.05) is 26.3 Å². The third-order valence-electron chi connectivity index (χ3n) is 3.88. The van der Waals surface area contributed by atoms with Crippen LogP contribution in [0.15, 0.2) is 30.4 Å². The minimum absolute atomic E-state index is 0.507. The van der Waals surface area contributed by atoms with Gasteiger partial charge in [-0.05, 0) is 43.5 Å². The summed E-state index contributed by atoms with van der Waals surface area (Å²) in [6.45, 7) is 5.65. The third-order valence-corrected chi connectivity index (χ3v) is 4.62. The number of ether oxygens (including phenoxy) is 1. The van der Waals surface area contributed by atoms with Crippen LogP contribution in [0.25, 0.3) is 0 Å². The van der Waals surface area contributed by atoms with Crippen LogP contribution in [0.1, 0.15) is 24.8 Å². The van der Waals surface area contributed by atoms with E-state index in [9.17, 15) is 9.59 Å². The van der Waals surface area contributed by atoms with Crippen molar-refractivity contribution in [2.45, 2.75) is 19.3 Å². The topological polar surface area (TPSA) is 95.9 Å². The van der Waals surface area contributed by atoms with Crippen LogP contribution in [0.5, 0.6) is 0 Å². The average molecular weight is 404 g/mol. The first-order chi connectivity index (χ1) is 12.3. The molecular formula is C18H23Cl2NO5. The molecule has 26 heavy (non-hydrogen) atoms. The highest BCUT2D eigenvalue weighted by molar-refractivity contribution is 6.42. The minimum atomic E-state index is -1.26. The molecule has 1 aromatic rings. The number of aliphatic carboxylic acids is 2. The summed E-state index contributed by atoms with van der Waals surface area (Å²) < 4.78 is 5.58. The van der Waals surface area contributed by atoms with E-state index >= 15 is 0 Å². The molecule has 0 unspecified atom stereocenters. The first-order valence-corrected chi connectivity index (χ1v) is 8.98. The summed E-state index contributed by atoms with van der Waals surface area (Å²) in [4.78, 5) is 19.1. The summed E-state index contributed by atoms with van der Waals surface area (Å²) in [7, 11) is 0. The molecule has 0 aliphatic carbocycles. The van der Waals surface area contributed by atoms with Crippen LogP contribution in [0, 0.1) is 5.92 Å². The van der Waals surface area contributed by atoms with E-state index in [0.717, 1.165) is 32.7 Å². The number of halogens is 2. The van der Waals surface area contributed by atoms with Crippen molar-refractivity contribution in [3.05, 3.63) is 46.0 Å². The maximum absolute atomic E-state index is 9.55. The van der Waals surface area contributed by atoms with Crippen molar-refractivity contribution in [1.82, 2.24) is 5.32 Å². The molecule has 3 N–H and O–H groups in total. The lowest BCUT2D eigenvalue weighted by molar-refractivity contribution is -0.134. The molecule has 144 valence electrons. The summed E-state index contributed by atoms with van der Waals surface area (Å²) >= 11 is 12.1. The van der Waals surface area contributed by atoms with Gasteiger partial charge in [-0.3, -0.25) is 0 Å². The Hall–Kier alpha value is -1.60. The molecule has 0 radical (unpaired) electrons.